The Balaban J connectivity index is 2.07. The van der Waals surface area contributed by atoms with Gasteiger partial charge in [0.25, 0.3) is 5.91 Å². The maximum absolute atomic E-state index is 12.5. The number of amides is 1. The van der Waals surface area contributed by atoms with E-state index in [0.717, 1.165) is 12.8 Å². The van der Waals surface area contributed by atoms with Crippen molar-refractivity contribution in [3.8, 4) is 17.6 Å². The van der Waals surface area contributed by atoms with Gasteiger partial charge in [-0.1, -0.05) is 30.3 Å². The van der Waals surface area contributed by atoms with Crippen molar-refractivity contribution < 1.29 is 23.8 Å². The van der Waals surface area contributed by atoms with E-state index in [0.29, 0.717) is 33.8 Å². The molecular weight excluding hydrogens is 535 g/mol. The third-order valence-corrected chi connectivity index (χ3v) is 5.22. The molecule has 0 heterocycles. The van der Waals surface area contributed by atoms with Crippen molar-refractivity contribution in [2.24, 2.45) is 0 Å². The maximum Gasteiger partial charge on any atom is 0.344 e. The number of carbonyl (C=O) groups is 2. The van der Waals surface area contributed by atoms with Gasteiger partial charge in [-0.05, 0) is 78.6 Å². The molecule has 0 saturated carbocycles. The summed E-state index contributed by atoms with van der Waals surface area (Å²) < 4.78 is 16.8. The Morgan fingerprint density at radius 1 is 1.12 bits per heavy atom. The Morgan fingerprint density at radius 3 is 2.55 bits per heavy atom. The number of ether oxygens (including phenoxy) is 3. The summed E-state index contributed by atoms with van der Waals surface area (Å²) in [5, 5.41) is 12.3. The van der Waals surface area contributed by atoms with Crippen LogP contribution in [0, 0.1) is 14.9 Å². The average Bonchev–Trinajstić information content (AvgIpc) is 2.80. The summed E-state index contributed by atoms with van der Waals surface area (Å²) >= 11 is 2.06. The fourth-order valence-corrected chi connectivity index (χ4v) is 3.74. The standard InChI is InChI=1S/C25H27IN2O5/c1-3-31-22-15-19(14-21(26)24(22)33-17-23(29)32-4-2)13-20(16-27)25(30)28-12-8-11-18-9-6-5-7-10-18/h5-7,9-10,13-15H,3-4,8,11-12,17H2,1-2H3,(H,28,30)/b20-13-. The van der Waals surface area contributed by atoms with Crippen LogP contribution in [0.25, 0.3) is 6.08 Å². The van der Waals surface area contributed by atoms with E-state index in [1.54, 1.807) is 19.1 Å². The third kappa shape index (κ3) is 8.77. The molecule has 8 heteroatoms. The molecule has 0 aliphatic heterocycles. The molecule has 1 N–H and O–H groups in total. The minimum Gasteiger partial charge on any atom is -0.490 e. The van der Waals surface area contributed by atoms with E-state index in [-0.39, 0.29) is 18.8 Å². The Labute approximate surface area is 207 Å². The molecule has 174 valence electrons. The number of nitrogens with one attached hydrogen (secondary N) is 1. The molecule has 0 bridgehead atoms. The number of rotatable bonds is 12. The summed E-state index contributed by atoms with van der Waals surface area (Å²) in [6.45, 7) is 4.43. The van der Waals surface area contributed by atoms with Crippen LogP contribution >= 0.6 is 22.6 Å². The molecular formula is C25H27IN2O5. The number of aryl methyl sites for hydroxylation is 1. The lowest BCUT2D eigenvalue weighted by atomic mass is 10.1. The van der Waals surface area contributed by atoms with Crippen molar-refractivity contribution in [3.05, 3.63) is 62.7 Å². The van der Waals surface area contributed by atoms with E-state index in [2.05, 4.69) is 27.9 Å². The van der Waals surface area contributed by atoms with Crippen LogP contribution in [0.2, 0.25) is 0 Å². The van der Waals surface area contributed by atoms with Crippen LogP contribution in [-0.4, -0.2) is 38.2 Å². The number of benzene rings is 2. The topological polar surface area (TPSA) is 97.7 Å². The summed E-state index contributed by atoms with van der Waals surface area (Å²) in [6, 6.07) is 15.4. The van der Waals surface area contributed by atoms with Crippen LogP contribution in [0.1, 0.15) is 31.4 Å². The van der Waals surface area contributed by atoms with Gasteiger partial charge in [0.05, 0.1) is 16.8 Å². The largest absolute Gasteiger partial charge is 0.490 e. The van der Waals surface area contributed by atoms with Crippen LogP contribution in [-0.2, 0) is 20.7 Å². The highest BCUT2D eigenvalue weighted by Crippen LogP contribution is 2.35. The van der Waals surface area contributed by atoms with Crippen LogP contribution in [0.3, 0.4) is 0 Å². The van der Waals surface area contributed by atoms with Gasteiger partial charge < -0.3 is 19.5 Å². The summed E-state index contributed by atoms with van der Waals surface area (Å²) in [5.41, 5.74) is 1.81. The molecule has 2 aromatic carbocycles. The van der Waals surface area contributed by atoms with Gasteiger partial charge in [-0.25, -0.2) is 4.79 Å². The van der Waals surface area contributed by atoms with Crippen molar-refractivity contribution in [2.75, 3.05) is 26.4 Å². The van der Waals surface area contributed by atoms with Crippen molar-refractivity contribution in [1.29, 1.82) is 5.26 Å². The highest BCUT2D eigenvalue weighted by Gasteiger charge is 2.15. The second kappa shape index (κ2) is 14.2. The number of hydrogen-bond donors (Lipinski definition) is 1. The van der Waals surface area contributed by atoms with Gasteiger partial charge in [-0.15, -0.1) is 0 Å². The molecule has 2 aromatic rings. The molecule has 2 rings (SSSR count). The van der Waals surface area contributed by atoms with Crippen molar-refractivity contribution in [2.45, 2.75) is 26.7 Å². The molecule has 0 aromatic heterocycles. The van der Waals surface area contributed by atoms with Crippen LogP contribution < -0.4 is 14.8 Å². The molecule has 7 nitrogen and oxygen atoms in total. The number of carbonyl (C=O) groups excluding carboxylic acids is 2. The van der Waals surface area contributed by atoms with Gasteiger partial charge in [0, 0.05) is 6.54 Å². The second-order valence-corrected chi connectivity index (χ2v) is 8.03. The number of hydrogen-bond acceptors (Lipinski definition) is 6. The summed E-state index contributed by atoms with van der Waals surface area (Å²) in [4.78, 5) is 24.1. The van der Waals surface area contributed by atoms with Gasteiger partial charge in [0.2, 0.25) is 0 Å². The number of halogens is 1. The zero-order valence-corrected chi connectivity index (χ0v) is 20.9. The van der Waals surface area contributed by atoms with Crippen LogP contribution in [0.15, 0.2) is 48.0 Å². The first kappa shape index (κ1) is 26.2. The Hall–Kier alpha value is -3.06. The van der Waals surface area contributed by atoms with Gasteiger partial charge >= 0.3 is 5.97 Å². The normalized spacial score (nSPS) is 10.8. The molecule has 0 spiro atoms. The lowest BCUT2D eigenvalue weighted by Gasteiger charge is -2.14. The van der Waals surface area contributed by atoms with Crippen molar-refractivity contribution >= 4 is 40.5 Å². The highest BCUT2D eigenvalue weighted by molar-refractivity contribution is 14.1. The van der Waals surface area contributed by atoms with Gasteiger partial charge in [0.15, 0.2) is 18.1 Å². The maximum atomic E-state index is 12.5. The van der Waals surface area contributed by atoms with Crippen LogP contribution in [0.4, 0.5) is 0 Å². The Bertz CT molecular complexity index is 1020. The van der Waals surface area contributed by atoms with E-state index in [1.807, 2.05) is 43.3 Å². The van der Waals surface area contributed by atoms with Gasteiger partial charge in [-0.2, -0.15) is 5.26 Å². The van der Waals surface area contributed by atoms with Crippen LogP contribution in [0.5, 0.6) is 11.5 Å². The van der Waals surface area contributed by atoms with Crippen molar-refractivity contribution in [1.82, 2.24) is 5.32 Å². The first-order valence-electron chi connectivity index (χ1n) is 10.7. The zero-order chi connectivity index (χ0) is 24.1. The smallest absolute Gasteiger partial charge is 0.344 e. The minimum absolute atomic E-state index is 0.00634. The molecule has 0 atom stereocenters. The minimum atomic E-state index is -0.476. The summed E-state index contributed by atoms with van der Waals surface area (Å²) in [7, 11) is 0. The molecule has 0 radical (unpaired) electrons. The zero-order valence-electron chi connectivity index (χ0n) is 18.7. The molecule has 0 unspecified atom stereocenters. The van der Waals surface area contributed by atoms with Crippen molar-refractivity contribution in [3.63, 3.8) is 0 Å². The Kier molecular flexibility index (Phi) is 11.2. The molecule has 0 aliphatic carbocycles. The lowest BCUT2D eigenvalue weighted by molar-refractivity contribution is -0.145. The first-order valence-corrected chi connectivity index (χ1v) is 11.7. The summed E-state index contributed by atoms with van der Waals surface area (Å²) in [5.74, 6) is -0.0800. The van der Waals surface area contributed by atoms with Gasteiger partial charge in [0.1, 0.15) is 11.6 Å². The SMILES string of the molecule is CCOC(=O)COc1c(I)cc(/C=C(/C#N)C(=O)NCCCc2ccccc2)cc1OCC. The van der Waals surface area contributed by atoms with Gasteiger partial charge in [-0.3, -0.25) is 4.79 Å². The number of esters is 1. The van der Waals surface area contributed by atoms with E-state index in [9.17, 15) is 14.9 Å². The number of nitrogens with zero attached hydrogens (tertiary/aromatic N) is 1. The third-order valence-electron chi connectivity index (χ3n) is 4.42. The van der Waals surface area contributed by atoms with E-state index < -0.39 is 11.9 Å². The van der Waals surface area contributed by atoms with E-state index in [1.165, 1.54) is 11.6 Å². The number of nitriles is 1. The first-order chi connectivity index (χ1) is 16.0. The second-order valence-electron chi connectivity index (χ2n) is 6.87. The molecule has 33 heavy (non-hydrogen) atoms. The van der Waals surface area contributed by atoms with E-state index in [4.69, 9.17) is 14.2 Å². The predicted octanol–water partition coefficient (Wildman–Crippen LogP) is 4.29. The molecule has 0 aliphatic rings. The van der Waals surface area contributed by atoms with E-state index >= 15 is 0 Å². The summed E-state index contributed by atoms with van der Waals surface area (Å²) in [6.07, 6.45) is 3.12. The average molecular weight is 562 g/mol. The quantitative estimate of drug-likeness (QED) is 0.136. The molecule has 1 amide bonds. The highest BCUT2D eigenvalue weighted by atomic mass is 127. The predicted molar refractivity (Wildman–Crippen MR) is 134 cm³/mol. The fourth-order valence-electron chi connectivity index (χ4n) is 2.96. The monoisotopic (exact) mass is 562 g/mol. The lowest BCUT2D eigenvalue weighted by Crippen LogP contribution is -2.25. The fraction of sp³-hybridized carbons (Fsp3) is 0.320. The molecule has 0 fully saturated rings. The molecule has 0 saturated heterocycles. The Morgan fingerprint density at radius 2 is 1.88 bits per heavy atom.